The van der Waals surface area contributed by atoms with E-state index in [0.717, 1.165) is 11.9 Å². The monoisotopic (exact) mass is 557 g/mol. The molecular formula is C24H25BrClN7O2. The molecule has 4 heterocycles. The van der Waals surface area contributed by atoms with Gasteiger partial charge >= 0.3 is 0 Å². The maximum atomic E-state index is 13.5. The quantitative estimate of drug-likeness (QED) is 0.344. The normalized spacial score (nSPS) is 11.6. The number of nitrogens with one attached hydrogen (secondary N) is 2. The van der Waals surface area contributed by atoms with Crippen molar-refractivity contribution in [1.82, 2.24) is 29.7 Å². The zero-order chi connectivity index (χ0) is 25.3. The number of rotatable bonds is 6. The van der Waals surface area contributed by atoms with Crippen LogP contribution >= 0.6 is 27.5 Å². The van der Waals surface area contributed by atoms with Crippen LogP contribution in [0.3, 0.4) is 0 Å². The summed E-state index contributed by atoms with van der Waals surface area (Å²) in [5, 5.41) is 14.8. The Bertz CT molecular complexity index is 1420. The first-order valence-corrected chi connectivity index (χ1v) is 12.2. The summed E-state index contributed by atoms with van der Waals surface area (Å²) in [4.78, 5) is 31.0. The van der Waals surface area contributed by atoms with Crippen molar-refractivity contribution in [2.24, 2.45) is 5.41 Å². The lowest BCUT2D eigenvalue weighted by atomic mass is 9.92. The molecule has 2 N–H and O–H groups in total. The fraction of sp³-hybridized carbons (Fsp3) is 0.292. The summed E-state index contributed by atoms with van der Waals surface area (Å²) in [5.74, 6) is -0.503. The van der Waals surface area contributed by atoms with Gasteiger partial charge in [0, 0.05) is 18.8 Å². The highest BCUT2D eigenvalue weighted by molar-refractivity contribution is 9.10. The van der Waals surface area contributed by atoms with Crippen LogP contribution in [0.1, 0.15) is 53.7 Å². The van der Waals surface area contributed by atoms with Crippen LogP contribution in [0.2, 0.25) is 5.02 Å². The van der Waals surface area contributed by atoms with E-state index in [1.54, 1.807) is 36.7 Å². The molecule has 4 rings (SSSR count). The Labute approximate surface area is 216 Å². The number of carbonyl (C=O) groups is 2. The zero-order valence-electron chi connectivity index (χ0n) is 19.8. The summed E-state index contributed by atoms with van der Waals surface area (Å²) in [7, 11) is 0. The fourth-order valence-corrected chi connectivity index (χ4v) is 4.16. The van der Waals surface area contributed by atoms with Gasteiger partial charge in [-0.15, -0.1) is 0 Å². The van der Waals surface area contributed by atoms with Gasteiger partial charge in [-0.2, -0.15) is 10.2 Å². The largest absolute Gasteiger partial charge is 0.351 e. The van der Waals surface area contributed by atoms with Crippen molar-refractivity contribution in [3.63, 3.8) is 0 Å². The molecule has 0 spiro atoms. The number of aromatic nitrogens is 5. The Kier molecular flexibility index (Phi) is 6.95. The van der Waals surface area contributed by atoms with Crippen molar-refractivity contribution < 1.29 is 9.59 Å². The minimum atomic E-state index is -0.483. The summed E-state index contributed by atoms with van der Waals surface area (Å²) in [6, 6.07) is 8.58. The molecule has 0 saturated carbocycles. The molecular weight excluding hydrogens is 534 g/mol. The van der Waals surface area contributed by atoms with E-state index in [2.05, 4.69) is 62.5 Å². The van der Waals surface area contributed by atoms with E-state index in [1.807, 2.05) is 13.0 Å². The second kappa shape index (κ2) is 9.79. The first-order valence-electron chi connectivity index (χ1n) is 11.0. The van der Waals surface area contributed by atoms with Gasteiger partial charge in [-0.3, -0.25) is 9.59 Å². The number of hydrogen-bond acceptors (Lipinski definition) is 5. The third kappa shape index (κ3) is 5.38. The molecule has 4 aromatic heterocycles. The van der Waals surface area contributed by atoms with E-state index in [1.165, 1.54) is 9.20 Å². The van der Waals surface area contributed by atoms with Gasteiger partial charge in [0.05, 0.1) is 22.4 Å². The van der Waals surface area contributed by atoms with Crippen molar-refractivity contribution >= 4 is 50.5 Å². The van der Waals surface area contributed by atoms with Crippen LogP contribution in [0.25, 0.3) is 11.3 Å². The molecule has 0 aliphatic rings. The van der Waals surface area contributed by atoms with Crippen molar-refractivity contribution in [2.45, 2.75) is 34.1 Å². The van der Waals surface area contributed by atoms with Crippen molar-refractivity contribution in [1.29, 1.82) is 0 Å². The molecule has 0 bridgehead atoms. The number of fused-ring (bicyclic) bond motifs is 1. The molecule has 0 fully saturated rings. The van der Waals surface area contributed by atoms with E-state index < -0.39 is 5.91 Å². The van der Waals surface area contributed by atoms with Gasteiger partial charge in [-0.25, -0.2) is 14.2 Å². The molecule has 9 nitrogen and oxygen atoms in total. The Morgan fingerprint density at radius 1 is 1.14 bits per heavy atom. The van der Waals surface area contributed by atoms with Crippen LogP contribution in [0.4, 0.5) is 5.69 Å². The van der Waals surface area contributed by atoms with Crippen LogP contribution < -0.4 is 10.6 Å². The van der Waals surface area contributed by atoms with Gasteiger partial charge in [0.25, 0.3) is 11.8 Å². The minimum Gasteiger partial charge on any atom is -0.351 e. The third-order valence-electron chi connectivity index (χ3n) is 5.35. The number of nitrogens with zero attached hydrogens (tertiary/aromatic N) is 5. The molecule has 182 valence electrons. The summed E-state index contributed by atoms with van der Waals surface area (Å²) < 4.78 is 3.31. The van der Waals surface area contributed by atoms with Crippen LogP contribution in [-0.4, -0.2) is 42.7 Å². The summed E-state index contributed by atoms with van der Waals surface area (Å²) in [6.45, 7) is 8.65. The minimum absolute atomic E-state index is 0.0660. The van der Waals surface area contributed by atoms with Crippen LogP contribution in [0.5, 0.6) is 0 Å². The number of anilines is 1. The van der Waals surface area contributed by atoms with Crippen LogP contribution in [0, 0.1) is 12.3 Å². The Balaban J connectivity index is 1.72. The molecule has 0 aromatic carbocycles. The lowest BCUT2D eigenvalue weighted by molar-refractivity contribution is 0.0943. The number of halogens is 2. The second-order valence-electron chi connectivity index (χ2n) is 9.31. The highest BCUT2D eigenvalue weighted by Crippen LogP contribution is 2.26. The third-order valence-corrected chi connectivity index (χ3v) is 6.03. The number of aryl methyl sites for hydroxylation is 1. The molecule has 0 aliphatic carbocycles. The Hall–Kier alpha value is -3.24. The van der Waals surface area contributed by atoms with Crippen LogP contribution in [0.15, 0.2) is 47.3 Å². The van der Waals surface area contributed by atoms with Gasteiger partial charge in [-0.1, -0.05) is 32.4 Å². The van der Waals surface area contributed by atoms with Crippen molar-refractivity contribution in [3.8, 4) is 5.82 Å². The van der Waals surface area contributed by atoms with Gasteiger partial charge in [0.1, 0.15) is 10.3 Å². The summed E-state index contributed by atoms with van der Waals surface area (Å²) in [5.41, 5.74) is 2.32. The SMILES string of the molecule is Cc1cc2ccnn2c(C(=O)NCCC(C)(C)C)c1NC(=O)c1cc(Br)nn1-c1ncccc1Cl. The van der Waals surface area contributed by atoms with Gasteiger partial charge in [0.15, 0.2) is 11.5 Å². The second-order valence-corrected chi connectivity index (χ2v) is 10.5. The molecule has 0 atom stereocenters. The fourth-order valence-electron chi connectivity index (χ4n) is 3.58. The van der Waals surface area contributed by atoms with Crippen molar-refractivity contribution in [2.75, 3.05) is 11.9 Å². The highest BCUT2D eigenvalue weighted by atomic mass is 79.9. The molecule has 35 heavy (non-hydrogen) atoms. The smallest absolute Gasteiger partial charge is 0.274 e. The Morgan fingerprint density at radius 2 is 1.91 bits per heavy atom. The van der Waals surface area contributed by atoms with E-state index in [-0.39, 0.29) is 22.7 Å². The molecule has 2 amide bonds. The van der Waals surface area contributed by atoms with E-state index in [9.17, 15) is 9.59 Å². The number of carbonyl (C=O) groups excluding carboxylic acids is 2. The maximum Gasteiger partial charge on any atom is 0.274 e. The van der Waals surface area contributed by atoms with Crippen LogP contribution in [-0.2, 0) is 0 Å². The van der Waals surface area contributed by atoms with E-state index in [4.69, 9.17) is 11.6 Å². The number of amides is 2. The molecule has 0 saturated heterocycles. The molecule has 11 heteroatoms. The highest BCUT2D eigenvalue weighted by Gasteiger charge is 2.24. The average molecular weight is 559 g/mol. The van der Waals surface area contributed by atoms with Gasteiger partial charge < -0.3 is 10.6 Å². The standard InChI is InChI=1S/C24H25BrClN7O2/c1-14-12-15-7-10-29-32(15)20(23(35)28-11-8-24(2,3)4)19(14)30-22(34)17-13-18(25)31-33(17)21-16(26)6-5-9-27-21/h5-7,9-10,12-13H,8,11H2,1-4H3,(H,28,35)(H,30,34). The Morgan fingerprint density at radius 3 is 2.63 bits per heavy atom. The zero-order valence-corrected chi connectivity index (χ0v) is 22.1. The molecule has 4 aromatic rings. The van der Waals surface area contributed by atoms with E-state index >= 15 is 0 Å². The average Bonchev–Trinajstić information content (AvgIpc) is 3.39. The molecule has 0 aliphatic heterocycles. The lowest BCUT2D eigenvalue weighted by Crippen LogP contribution is -2.31. The first kappa shape index (κ1) is 24.9. The predicted molar refractivity (Wildman–Crippen MR) is 138 cm³/mol. The lowest BCUT2D eigenvalue weighted by Gasteiger charge is -2.19. The van der Waals surface area contributed by atoms with Crippen molar-refractivity contribution in [3.05, 3.63) is 69.3 Å². The van der Waals surface area contributed by atoms with E-state index in [0.29, 0.717) is 33.2 Å². The topological polar surface area (TPSA) is 106 Å². The summed E-state index contributed by atoms with van der Waals surface area (Å²) >= 11 is 9.62. The number of pyridine rings is 2. The maximum absolute atomic E-state index is 13.5. The predicted octanol–water partition coefficient (Wildman–Crippen LogP) is 5.06. The molecule has 0 radical (unpaired) electrons. The van der Waals surface area contributed by atoms with Gasteiger partial charge in [0.2, 0.25) is 0 Å². The summed E-state index contributed by atoms with van der Waals surface area (Å²) in [6.07, 6.45) is 3.97. The number of hydrogen-bond donors (Lipinski definition) is 2. The molecule has 0 unspecified atom stereocenters. The van der Waals surface area contributed by atoms with Gasteiger partial charge in [-0.05, 0) is 64.5 Å². The first-order chi connectivity index (χ1) is 16.5.